The predicted octanol–water partition coefficient (Wildman–Crippen LogP) is 1.80. The van der Waals surface area contributed by atoms with Crippen molar-refractivity contribution in [1.82, 2.24) is 15.0 Å². The van der Waals surface area contributed by atoms with Gasteiger partial charge in [0.05, 0.1) is 0 Å². The molecule has 0 saturated heterocycles. The minimum absolute atomic E-state index is 0.610. The molecule has 0 radical (unpaired) electrons. The summed E-state index contributed by atoms with van der Waals surface area (Å²) >= 11 is 3.33. The van der Waals surface area contributed by atoms with Gasteiger partial charge in [-0.3, -0.25) is 4.98 Å². The van der Waals surface area contributed by atoms with Crippen molar-refractivity contribution < 1.29 is 0 Å². The summed E-state index contributed by atoms with van der Waals surface area (Å²) in [6.45, 7) is 0.610. The van der Waals surface area contributed by atoms with Crippen molar-refractivity contribution in [3.8, 4) is 11.5 Å². The van der Waals surface area contributed by atoms with Gasteiger partial charge in [-0.1, -0.05) is 0 Å². The van der Waals surface area contributed by atoms with Crippen molar-refractivity contribution in [3.05, 3.63) is 40.8 Å². The zero-order valence-electron chi connectivity index (χ0n) is 8.60. The van der Waals surface area contributed by atoms with Crippen LogP contribution in [0.15, 0.2) is 35.2 Å². The minimum atomic E-state index is 0.610. The van der Waals surface area contributed by atoms with Gasteiger partial charge in [-0.05, 0) is 46.6 Å². The Balaban J connectivity index is 2.24. The monoisotopic (exact) mass is 278 g/mol. The summed E-state index contributed by atoms with van der Waals surface area (Å²) in [6.07, 6.45) is 6.11. The molecule has 5 heteroatoms. The Hall–Kier alpha value is -1.33. The van der Waals surface area contributed by atoms with Crippen molar-refractivity contribution >= 4 is 15.9 Å². The van der Waals surface area contributed by atoms with E-state index < -0.39 is 0 Å². The van der Waals surface area contributed by atoms with Crippen molar-refractivity contribution in [2.24, 2.45) is 5.73 Å². The fourth-order valence-electron chi connectivity index (χ4n) is 1.29. The fourth-order valence-corrected chi connectivity index (χ4v) is 1.53. The molecule has 0 fully saturated rings. The van der Waals surface area contributed by atoms with Crippen LogP contribution in [0.2, 0.25) is 0 Å². The molecule has 0 saturated carbocycles. The lowest BCUT2D eigenvalue weighted by atomic mass is 10.2. The standard InChI is InChI=1S/C11H11BrN4/c12-9-1-2-10(14-7-9)11-15-5-8(3-4-13)6-16-11/h1-2,5-7H,3-4,13H2. The van der Waals surface area contributed by atoms with Gasteiger partial charge >= 0.3 is 0 Å². The number of nitrogens with two attached hydrogens (primary N) is 1. The SMILES string of the molecule is NCCc1cnc(-c2ccc(Br)cn2)nc1. The van der Waals surface area contributed by atoms with Crippen LogP contribution in [-0.4, -0.2) is 21.5 Å². The maximum atomic E-state index is 5.45. The molecule has 0 aromatic carbocycles. The van der Waals surface area contributed by atoms with E-state index in [1.54, 1.807) is 18.6 Å². The van der Waals surface area contributed by atoms with E-state index in [4.69, 9.17) is 5.73 Å². The summed E-state index contributed by atoms with van der Waals surface area (Å²) in [5.41, 5.74) is 7.26. The van der Waals surface area contributed by atoms with Gasteiger partial charge in [0.15, 0.2) is 5.82 Å². The Morgan fingerprint density at radius 1 is 1.06 bits per heavy atom. The van der Waals surface area contributed by atoms with Gasteiger partial charge in [-0.15, -0.1) is 0 Å². The fraction of sp³-hybridized carbons (Fsp3) is 0.182. The van der Waals surface area contributed by atoms with E-state index in [2.05, 4.69) is 30.9 Å². The molecule has 2 aromatic rings. The molecule has 4 nitrogen and oxygen atoms in total. The molecule has 0 bridgehead atoms. The summed E-state index contributed by atoms with van der Waals surface area (Å²) in [5, 5.41) is 0. The third-order valence-corrected chi connectivity index (χ3v) is 2.56. The number of hydrogen-bond donors (Lipinski definition) is 1. The first-order valence-electron chi connectivity index (χ1n) is 4.92. The van der Waals surface area contributed by atoms with Crippen molar-refractivity contribution in [2.75, 3.05) is 6.54 Å². The molecular weight excluding hydrogens is 268 g/mol. The summed E-state index contributed by atoms with van der Waals surface area (Å²) in [5.74, 6) is 0.633. The molecule has 0 atom stereocenters. The molecule has 2 heterocycles. The molecule has 0 amide bonds. The normalized spacial score (nSPS) is 10.4. The zero-order chi connectivity index (χ0) is 11.4. The molecule has 2 rings (SSSR count). The van der Waals surface area contributed by atoms with Crippen LogP contribution >= 0.6 is 15.9 Å². The highest BCUT2D eigenvalue weighted by Crippen LogP contribution is 2.14. The Bertz CT molecular complexity index is 452. The number of rotatable bonds is 3. The van der Waals surface area contributed by atoms with E-state index >= 15 is 0 Å². The van der Waals surface area contributed by atoms with Crippen LogP contribution in [0.3, 0.4) is 0 Å². The number of pyridine rings is 1. The maximum Gasteiger partial charge on any atom is 0.178 e. The van der Waals surface area contributed by atoms with Gasteiger partial charge in [0.1, 0.15) is 5.69 Å². The van der Waals surface area contributed by atoms with Gasteiger partial charge in [-0.25, -0.2) is 9.97 Å². The lowest BCUT2D eigenvalue weighted by molar-refractivity contribution is 0.941. The molecule has 0 aliphatic rings. The van der Waals surface area contributed by atoms with Crippen LogP contribution in [0.5, 0.6) is 0 Å². The van der Waals surface area contributed by atoms with Crippen molar-refractivity contribution in [1.29, 1.82) is 0 Å². The van der Waals surface area contributed by atoms with E-state index in [9.17, 15) is 0 Å². The second kappa shape index (κ2) is 5.14. The Kier molecular flexibility index (Phi) is 3.58. The topological polar surface area (TPSA) is 64.7 Å². The van der Waals surface area contributed by atoms with Crippen molar-refractivity contribution in [3.63, 3.8) is 0 Å². The Morgan fingerprint density at radius 3 is 2.38 bits per heavy atom. The first-order chi connectivity index (χ1) is 7.79. The van der Waals surface area contributed by atoms with E-state index in [1.807, 2.05) is 12.1 Å². The first-order valence-corrected chi connectivity index (χ1v) is 5.72. The van der Waals surface area contributed by atoms with Crippen LogP contribution in [-0.2, 0) is 6.42 Å². The molecule has 0 aliphatic carbocycles. The van der Waals surface area contributed by atoms with E-state index in [-0.39, 0.29) is 0 Å². The van der Waals surface area contributed by atoms with Crippen LogP contribution in [0.1, 0.15) is 5.56 Å². The third kappa shape index (κ3) is 2.62. The molecule has 82 valence electrons. The van der Waals surface area contributed by atoms with Crippen LogP contribution < -0.4 is 5.73 Å². The molecule has 0 spiro atoms. The van der Waals surface area contributed by atoms with E-state index in [0.29, 0.717) is 12.4 Å². The molecule has 2 N–H and O–H groups in total. The summed E-state index contributed by atoms with van der Waals surface area (Å²) in [7, 11) is 0. The second-order valence-electron chi connectivity index (χ2n) is 3.32. The third-order valence-electron chi connectivity index (χ3n) is 2.09. The van der Waals surface area contributed by atoms with Crippen molar-refractivity contribution in [2.45, 2.75) is 6.42 Å². The van der Waals surface area contributed by atoms with Gasteiger partial charge in [0.25, 0.3) is 0 Å². The van der Waals surface area contributed by atoms with Gasteiger partial charge < -0.3 is 5.73 Å². The molecule has 0 aliphatic heterocycles. The quantitative estimate of drug-likeness (QED) is 0.930. The summed E-state index contributed by atoms with van der Waals surface area (Å²) in [6, 6.07) is 3.79. The average Bonchev–Trinajstić information content (AvgIpc) is 2.32. The summed E-state index contributed by atoms with van der Waals surface area (Å²) in [4.78, 5) is 12.7. The number of nitrogens with zero attached hydrogens (tertiary/aromatic N) is 3. The smallest absolute Gasteiger partial charge is 0.178 e. The average molecular weight is 279 g/mol. The van der Waals surface area contributed by atoms with Crippen LogP contribution in [0.25, 0.3) is 11.5 Å². The highest BCUT2D eigenvalue weighted by atomic mass is 79.9. The maximum absolute atomic E-state index is 5.45. The molecular formula is C11H11BrN4. The number of halogens is 1. The summed E-state index contributed by atoms with van der Waals surface area (Å²) < 4.78 is 0.941. The Morgan fingerprint density at radius 2 is 1.81 bits per heavy atom. The lowest BCUT2D eigenvalue weighted by Gasteiger charge is -2.01. The van der Waals surface area contributed by atoms with Gasteiger partial charge in [0.2, 0.25) is 0 Å². The number of hydrogen-bond acceptors (Lipinski definition) is 4. The zero-order valence-corrected chi connectivity index (χ0v) is 10.2. The number of aromatic nitrogens is 3. The minimum Gasteiger partial charge on any atom is -0.330 e. The van der Waals surface area contributed by atoms with Crippen LogP contribution in [0.4, 0.5) is 0 Å². The van der Waals surface area contributed by atoms with Crippen LogP contribution in [0, 0.1) is 0 Å². The molecule has 0 unspecified atom stereocenters. The molecule has 16 heavy (non-hydrogen) atoms. The highest BCUT2D eigenvalue weighted by molar-refractivity contribution is 9.10. The van der Waals surface area contributed by atoms with E-state index in [1.165, 1.54) is 0 Å². The molecule has 2 aromatic heterocycles. The predicted molar refractivity (Wildman–Crippen MR) is 65.7 cm³/mol. The van der Waals surface area contributed by atoms with E-state index in [0.717, 1.165) is 22.2 Å². The lowest BCUT2D eigenvalue weighted by Crippen LogP contribution is -2.03. The largest absolute Gasteiger partial charge is 0.330 e. The second-order valence-corrected chi connectivity index (χ2v) is 4.23. The highest BCUT2D eigenvalue weighted by Gasteiger charge is 2.02. The van der Waals surface area contributed by atoms with Gasteiger partial charge in [0, 0.05) is 23.1 Å². The van der Waals surface area contributed by atoms with Gasteiger partial charge in [-0.2, -0.15) is 0 Å². The Labute approximate surface area is 102 Å². The first kappa shape index (κ1) is 11.2.